The Hall–Kier alpha value is -1.80. The molecule has 0 spiro atoms. The number of rotatable bonds is 4. The zero-order valence-corrected chi connectivity index (χ0v) is 11.5. The summed E-state index contributed by atoms with van der Waals surface area (Å²) < 4.78 is 5.06. The molecule has 0 unspecified atom stereocenters. The largest absolute Gasteiger partial charge is 0.497 e. The number of benzene rings is 1. The van der Waals surface area contributed by atoms with Gasteiger partial charge in [0.05, 0.1) is 7.11 Å². The van der Waals surface area contributed by atoms with Crippen LogP contribution in [0.25, 0.3) is 0 Å². The molecule has 0 saturated heterocycles. The molecule has 0 aliphatic rings. The summed E-state index contributed by atoms with van der Waals surface area (Å²) >= 11 is 0. The SMILES string of the molecule is C=C/C=C\C=C/C.COc1ccc(C)c(CN)c1. The number of allylic oxidation sites excluding steroid dienone is 5. The average molecular weight is 245 g/mol. The van der Waals surface area contributed by atoms with E-state index in [1.807, 2.05) is 56.4 Å². The van der Waals surface area contributed by atoms with Crippen LogP contribution >= 0.6 is 0 Å². The van der Waals surface area contributed by atoms with Gasteiger partial charge in [-0.05, 0) is 37.1 Å². The summed E-state index contributed by atoms with van der Waals surface area (Å²) in [5, 5.41) is 0. The van der Waals surface area contributed by atoms with Crippen LogP contribution in [0.2, 0.25) is 0 Å². The van der Waals surface area contributed by atoms with Gasteiger partial charge < -0.3 is 10.5 Å². The van der Waals surface area contributed by atoms with Gasteiger partial charge in [-0.3, -0.25) is 0 Å². The smallest absolute Gasteiger partial charge is 0.119 e. The monoisotopic (exact) mass is 245 g/mol. The van der Waals surface area contributed by atoms with Crippen molar-refractivity contribution in [1.82, 2.24) is 0 Å². The fourth-order valence-corrected chi connectivity index (χ4v) is 1.25. The first-order valence-corrected chi connectivity index (χ1v) is 5.93. The van der Waals surface area contributed by atoms with E-state index in [2.05, 4.69) is 6.58 Å². The summed E-state index contributed by atoms with van der Waals surface area (Å²) in [6.45, 7) is 8.11. The zero-order valence-electron chi connectivity index (χ0n) is 11.5. The molecule has 2 N–H and O–H groups in total. The number of ether oxygens (including phenoxy) is 1. The van der Waals surface area contributed by atoms with Crippen LogP contribution < -0.4 is 10.5 Å². The van der Waals surface area contributed by atoms with Crippen LogP contribution in [0.4, 0.5) is 0 Å². The van der Waals surface area contributed by atoms with Crippen molar-refractivity contribution in [2.24, 2.45) is 5.73 Å². The molecule has 2 nitrogen and oxygen atoms in total. The van der Waals surface area contributed by atoms with Crippen LogP contribution in [0.15, 0.2) is 55.2 Å². The molecule has 0 atom stereocenters. The van der Waals surface area contributed by atoms with E-state index >= 15 is 0 Å². The predicted molar refractivity (Wildman–Crippen MR) is 79.8 cm³/mol. The molecule has 1 aromatic carbocycles. The molecule has 1 rings (SSSR count). The van der Waals surface area contributed by atoms with Crippen LogP contribution in [-0.2, 0) is 6.54 Å². The van der Waals surface area contributed by atoms with Gasteiger partial charge in [-0.2, -0.15) is 0 Å². The first-order chi connectivity index (χ1) is 8.69. The lowest BCUT2D eigenvalue weighted by Crippen LogP contribution is -1.99. The van der Waals surface area contributed by atoms with E-state index in [1.54, 1.807) is 13.2 Å². The minimum absolute atomic E-state index is 0.572. The molecule has 0 heterocycles. The van der Waals surface area contributed by atoms with E-state index in [-0.39, 0.29) is 0 Å². The summed E-state index contributed by atoms with van der Waals surface area (Å²) in [5.74, 6) is 0.871. The Kier molecular flexibility index (Phi) is 9.32. The van der Waals surface area contributed by atoms with Crippen LogP contribution in [0.3, 0.4) is 0 Å². The molecular formula is C16H23NO. The lowest BCUT2D eigenvalue weighted by molar-refractivity contribution is 0.414. The highest BCUT2D eigenvalue weighted by Crippen LogP contribution is 2.15. The van der Waals surface area contributed by atoms with E-state index in [9.17, 15) is 0 Å². The molecule has 0 aliphatic carbocycles. The summed E-state index contributed by atoms with van der Waals surface area (Å²) in [4.78, 5) is 0. The van der Waals surface area contributed by atoms with Gasteiger partial charge in [-0.1, -0.05) is 43.0 Å². The molecular weight excluding hydrogens is 222 g/mol. The lowest BCUT2D eigenvalue weighted by atomic mass is 10.1. The standard InChI is InChI=1S/C9H13NO.C7H10/c1-7-3-4-9(11-2)5-8(7)6-10;1-3-5-7-6-4-2/h3-5H,6,10H2,1-2H3;3-7H,1H2,2H3/b;6-4-,7-5-. The van der Waals surface area contributed by atoms with E-state index < -0.39 is 0 Å². The Morgan fingerprint density at radius 3 is 2.50 bits per heavy atom. The number of aryl methyl sites for hydroxylation is 1. The quantitative estimate of drug-likeness (QED) is 0.820. The van der Waals surface area contributed by atoms with Crippen molar-refractivity contribution >= 4 is 0 Å². The third-order valence-electron chi connectivity index (χ3n) is 2.33. The van der Waals surface area contributed by atoms with Gasteiger partial charge in [0, 0.05) is 6.54 Å². The molecule has 0 amide bonds. The fraction of sp³-hybridized carbons (Fsp3) is 0.250. The Balaban J connectivity index is 0.000000360. The first-order valence-electron chi connectivity index (χ1n) is 5.93. The van der Waals surface area contributed by atoms with Gasteiger partial charge in [-0.15, -0.1) is 0 Å². The number of nitrogens with two attached hydrogens (primary N) is 1. The molecule has 0 fully saturated rings. The minimum atomic E-state index is 0.572. The first kappa shape index (κ1) is 16.2. The molecule has 0 aromatic heterocycles. The minimum Gasteiger partial charge on any atom is -0.497 e. The third-order valence-corrected chi connectivity index (χ3v) is 2.33. The fourth-order valence-electron chi connectivity index (χ4n) is 1.25. The van der Waals surface area contributed by atoms with Gasteiger partial charge in [0.2, 0.25) is 0 Å². The van der Waals surface area contributed by atoms with Crippen molar-refractivity contribution in [3.05, 3.63) is 66.3 Å². The van der Waals surface area contributed by atoms with Gasteiger partial charge in [-0.25, -0.2) is 0 Å². The van der Waals surface area contributed by atoms with Crippen LogP contribution in [0, 0.1) is 6.92 Å². The third kappa shape index (κ3) is 6.71. The van der Waals surface area contributed by atoms with E-state index in [0.29, 0.717) is 6.54 Å². The Bertz CT molecular complexity index is 406. The lowest BCUT2D eigenvalue weighted by Gasteiger charge is -2.04. The topological polar surface area (TPSA) is 35.2 Å². The summed E-state index contributed by atoms with van der Waals surface area (Å²) in [6, 6.07) is 5.92. The van der Waals surface area contributed by atoms with E-state index in [4.69, 9.17) is 10.5 Å². The van der Waals surface area contributed by atoms with Crippen LogP contribution in [0.1, 0.15) is 18.1 Å². The number of methoxy groups -OCH3 is 1. The molecule has 2 heteroatoms. The van der Waals surface area contributed by atoms with E-state index in [0.717, 1.165) is 11.3 Å². The van der Waals surface area contributed by atoms with Crippen LogP contribution in [-0.4, -0.2) is 7.11 Å². The highest BCUT2D eigenvalue weighted by atomic mass is 16.5. The van der Waals surface area contributed by atoms with Gasteiger partial charge >= 0.3 is 0 Å². The van der Waals surface area contributed by atoms with E-state index in [1.165, 1.54) is 5.56 Å². The molecule has 0 aliphatic heterocycles. The summed E-state index contributed by atoms with van der Waals surface area (Å²) in [5.41, 5.74) is 7.88. The van der Waals surface area contributed by atoms with Crippen LogP contribution in [0.5, 0.6) is 5.75 Å². The summed E-state index contributed by atoms with van der Waals surface area (Å²) in [7, 11) is 1.66. The number of hydrogen-bond acceptors (Lipinski definition) is 2. The van der Waals surface area contributed by atoms with Gasteiger partial charge in [0.25, 0.3) is 0 Å². The van der Waals surface area contributed by atoms with Crippen molar-refractivity contribution in [3.63, 3.8) is 0 Å². The normalized spacial score (nSPS) is 10.2. The van der Waals surface area contributed by atoms with Crippen molar-refractivity contribution in [3.8, 4) is 5.75 Å². The number of hydrogen-bond donors (Lipinski definition) is 1. The highest BCUT2D eigenvalue weighted by Gasteiger charge is 1.96. The molecule has 1 aromatic rings. The Labute approximate surface area is 110 Å². The van der Waals surface area contributed by atoms with Gasteiger partial charge in [0.15, 0.2) is 0 Å². The predicted octanol–water partition coefficient (Wildman–Crippen LogP) is 3.77. The molecule has 0 radical (unpaired) electrons. The maximum absolute atomic E-state index is 5.52. The maximum atomic E-state index is 5.52. The Morgan fingerprint density at radius 1 is 1.28 bits per heavy atom. The molecule has 98 valence electrons. The molecule has 0 bridgehead atoms. The highest BCUT2D eigenvalue weighted by molar-refractivity contribution is 5.34. The second-order valence-electron chi connectivity index (χ2n) is 3.64. The maximum Gasteiger partial charge on any atom is 0.119 e. The zero-order chi connectivity index (χ0) is 13.8. The van der Waals surface area contributed by atoms with Gasteiger partial charge in [0.1, 0.15) is 5.75 Å². The average Bonchev–Trinajstić information content (AvgIpc) is 2.41. The van der Waals surface area contributed by atoms with Crippen molar-refractivity contribution in [1.29, 1.82) is 0 Å². The second kappa shape index (κ2) is 10.4. The molecule has 0 saturated carbocycles. The second-order valence-corrected chi connectivity index (χ2v) is 3.64. The van der Waals surface area contributed by atoms with Crippen molar-refractivity contribution in [2.45, 2.75) is 20.4 Å². The van der Waals surface area contributed by atoms with Crippen molar-refractivity contribution < 1.29 is 4.74 Å². The van der Waals surface area contributed by atoms with Crippen molar-refractivity contribution in [2.75, 3.05) is 7.11 Å². The molecule has 18 heavy (non-hydrogen) atoms. The summed E-state index contributed by atoms with van der Waals surface area (Å²) in [6.07, 6.45) is 9.51. The Morgan fingerprint density at radius 2 is 2.00 bits per heavy atom.